The molecule has 0 aromatic carbocycles. The van der Waals surface area contributed by atoms with Crippen molar-refractivity contribution in [2.24, 2.45) is 11.8 Å². The standard InChI is InChI=1S/C13H19N3O/c1-9-2-3-13(17)12(15-9)8-16-6-10-4-14-5-11(10)7-16/h2-3,10-11,14,17H,4-8H2,1H3/t10-,11+. The van der Waals surface area contributed by atoms with Gasteiger partial charge in [0.2, 0.25) is 0 Å². The number of aromatic hydroxyl groups is 1. The van der Waals surface area contributed by atoms with Crippen molar-refractivity contribution in [3.8, 4) is 5.75 Å². The molecule has 0 amide bonds. The van der Waals surface area contributed by atoms with Gasteiger partial charge in [0.25, 0.3) is 0 Å². The maximum absolute atomic E-state index is 9.80. The van der Waals surface area contributed by atoms with Gasteiger partial charge in [-0.05, 0) is 44.0 Å². The van der Waals surface area contributed by atoms with Gasteiger partial charge in [0.15, 0.2) is 0 Å². The molecule has 0 saturated carbocycles. The monoisotopic (exact) mass is 233 g/mol. The van der Waals surface area contributed by atoms with Crippen molar-refractivity contribution in [3.05, 3.63) is 23.5 Å². The smallest absolute Gasteiger partial charge is 0.138 e. The van der Waals surface area contributed by atoms with E-state index in [0.717, 1.165) is 55.9 Å². The summed E-state index contributed by atoms with van der Waals surface area (Å²) >= 11 is 0. The molecule has 0 aliphatic carbocycles. The van der Waals surface area contributed by atoms with Gasteiger partial charge in [-0.1, -0.05) is 0 Å². The Balaban J connectivity index is 1.69. The van der Waals surface area contributed by atoms with Crippen LogP contribution < -0.4 is 5.32 Å². The van der Waals surface area contributed by atoms with Crippen LogP contribution in [0, 0.1) is 18.8 Å². The number of hydrogen-bond acceptors (Lipinski definition) is 4. The predicted octanol–water partition coefficient (Wildman–Crippen LogP) is 0.747. The Kier molecular flexibility index (Phi) is 2.76. The van der Waals surface area contributed by atoms with E-state index in [0.29, 0.717) is 5.75 Å². The molecule has 1 aromatic rings. The van der Waals surface area contributed by atoms with E-state index >= 15 is 0 Å². The van der Waals surface area contributed by atoms with Crippen LogP contribution in [0.4, 0.5) is 0 Å². The summed E-state index contributed by atoms with van der Waals surface area (Å²) in [7, 11) is 0. The van der Waals surface area contributed by atoms with Crippen LogP contribution in [0.15, 0.2) is 12.1 Å². The summed E-state index contributed by atoms with van der Waals surface area (Å²) in [5.74, 6) is 1.91. The second-order valence-electron chi connectivity index (χ2n) is 5.29. The van der Waals surface area contributed by atoms with Crippen molar-refractivity contribution in [2.75, 3.05) is 26.2 Å². The number of nitrogens with one attached hydrogen (secondary N) is 1. The molecule has 2 fully saturated rings. The van der Waals surface area contributed by atoms with Gasteiger partial charge < -0.3 is 10.4 Å². The first-order valence-electron chi connectivity index (χ1n) is 6.31. The zero-order valence-corrected chi connectivity index (χ0v) is 10.2. The molecule has 3 heterocycles. The van der Waals surface area contributed by atoms with E-state index in [-0.39, 0.29) is 0 Å². The number of likely N-dealkylation sites (tertiary alicyclic amines) is 1. The van der Waals surface area contributed by atoms with Crippen LogP contribution in [0.2, 0.25) is 0 Å². The number of rotatable bonds is 2. The minimum atomic E-state index is 0.325. The predicted molar refractivity (Wildman–Crippen MR) is 65.8 cm³/mol. The fourth-order valence-corrected chi connectivity index (χ4v) is 3.01. The Morgan fingerprint density at radius 1 is 1.35 bits per heavy atom. The summed E-state index contributed by atoms with van der Waals surface area (Å²) < 4.78 is 0. The lowest BCUT2D eigenvalue weighted by Crippen LogP contribution is -2.25. The first-order chi connectivity index (χ1) is 8.22. The number of hydrogen-bond donors (Lipinski definition) is 2. The second kappa shape index (κ2) is 4.27. The molecular formula is C13H19N3O. The van der Waals surface area contributed by atoms with Gasteiger partial charge in [-0.25, -0.2) is 0 Å². The van der Waals surface area contributed by atoms with E-state index in [1.165, 1.54) is 0 Å². The van der Waals surface area contributed by atoms with E-state index in [9.17, 15) is 5.11 Å². The first-order valence-corrected chi connectivity index (χ1v) is 6.31. The zero-order chi connectivity index (χ0) is 11.8. The zero-order valence-electron chi connectivity index (χ0n) is 10.2. The molecule has 2 N–H and O–H groups in total. The van der Waals surface area contributed by atoms with Crippen molar-refractivity contribution < 1.29 is 5.11 Å². The normalized spacial score (nSPS) is 28.5. The van der Waals surface area contributed by atoms with Crippen molar-refractivity contribution >= 4 is 0 Å². The van der Waals surface area contributed by atoms with Gasteiger partial charge >= 0.3 is 0 Å². The molecule has 0 bridgehead atoms. The Hall–Kier alpha value is -1.13. The Morgan fingerprint density at radius 3 is 2.76 bits per heavy atom. The average molecular weight is 233 g/mol. The SMILES string of the molecule is Cc1ccc(O)c(CN2C[C@H]3CNC[C@H]3C2)n1. The second-order valence-corrected chi connectivity index (χ2v) is 5.29. The van der Waals surface area contributed by atoms with Crippen molar-refractivity contribution in [3.63, 3.8) is 0 Å². The third-order valence-corrected chi connectivity index (χ3v) is 3.93. The van der Waals surface area contributed by atoms with Gasteiger partial charge in [0, 0.05) is 25.3 Å². The Bertz CT molecular complexity index is 409. The number of aryl methyl sites for hydroxylation is 1. The van der Waals surface area contributed by atoms with Gasteiger partial charge in [0.05, 0.1) is 5.69 Å². The quantitative estimate of drug-likeness (QED) is 0.791. The highest BCUT2D eigenvalue weighted by atomic mass is 16.3. The summed E-state index contributed by atoms with van der Waals surface area (Å²) in [6.45, 7) is 7.30. The van der Waals surface area contributed by atoms with Crippen LogP contribution in [0.25, 0.3) is 0 Å². The fraction of sp³-hybridized carbons (Fsp3) is 0.615. The summed E-state index contributed by atoms with van der Waals surface area (Å²) in [5.41, 5.74) is 1.79. The molecule has 92 valence electrons. The van der Waals surface area contributed by atoms with Gasteiger partial charge in [-0.3, -0.25) is 9.88 Å². The summed E-state index contributed by atoms with van der Waals surface area (Å²) in [6, 6.07) is 3.59. The third kappa shape index (κ3) is 2.15. The number of pyridine rings is 1. The minimum absolute atomic E-state index is 0.325. The maximum atomic E-state index is 9.80. The maximum Gasteiger partial charge on any atom is 0.138 e. The van der Waals surface area contributed by atoms with Crippen LogP contribution in [0.3, 0.4) is 0 Å². The van der Waals surface area contributed by atoms with Crippen LogP contribution in [-0.2, 0) is 6.54 Å². The van der Waals surface area contributed by atoms with Gasteiger partial charge in [0.1, 0.15) is 5.75 Å². The van der Waals surface area contributed by atoms with Crippen LogP contribution in [0.1, 0.15) is 11.4 Å². The molecule has 0 radical (unpaired) electrons. The lowest BCUT2D eigenvalue weighted by molar-refractivity contribution is 0.295. The number of fused-ring (bicyclic) bond motifs is 1. The molecule has 1 aromatic heterocycles. The fourth-order valence-electron chi connectivity index (χ4n) is 3.01. The topological polar surface area (TPSA) is 48.4 Å². The van der Waals surface area contributed by atoms with Crippen LogP contribution in [-0.4, -0.2) is 41.2 Å². The number of aromatic nitrogens is 1. The molecule has 0 spiro atoms. The summed E-state index contributed by atoms with van der Waals surface area (Å²) in [5, 5.41) is 13.2. The first kappa shape index (κ1) is 11.0. The summed E-state index contributed by atoms with van der Waals surface area (Å²) in [6.07, 6.45) is 0. The largest absolute Gasteiger partial charge is 0.506 e. The van der Waals surface area contributed by atoms with Crippen molar-refractivity contribution in [1.82, 2.24) is 15.2 Å². The Labute approximate surface area is 102 Å². The van der Waals surface area contributed by atoms with Crippen molar-refractivity contribution in [1.29, 1.82) is 0 Å². The molecular weight excluding hydrogens is 214 g/mol. The molecule has 17 heavy (non-hydrogen) atoms. The molecule has 0 unspecified atom stereocenters. The van der Waals surface area contributed by atoms with Crippen LogP contribution >= 0.6 is 0 Å². The molecule has 4 heteroatoms. The molecule has 2 saturated heterocycles. The van der Waals surface area contributed by atoms with Gasteiger partial charge in [-0.15, -0.1) is 0 Å². The highest BCUT2D eigenvalue weighted by Crippen LogP contribution is 2.28. The highest BCUT2D eigenvalue weighted by molar-refractivity contribution is 5.27. The third-order valence-electron chi connectivity index (χ3n) is 3.93. The molecule has 2 aliphatic heterocycles. The summed E-state index contributed by atoms with van der Waals surface area (Å²) in [4.78, 5) is 6.84. The minimum Gasteiger partial charge on any atom is -0.506 e. The molecule has 2 aliphatic rings. The lowest BCUT2D eigenvalue weighted by Gasteiger charge is -2.17. The average Bonchev–Trinajstić information content (AvgIpc) is 2.83. The Morgan fingerprint density at radius 2 is 2.06 bits per heavy atom. The van der Waals surface area contributed by atoms with E-state index in [1.807, 2.05) is 13.0 Å². The lowest BCUT2D eigenvalue weighted by atomic mass is 10.0. The highest BCUT2D eigenvalue weighted by Gasteiger charge is 2.36. The molecule has 3 rings (SSSR count). The number of nitrogens with zero attached hydrogens (tertiary/aromatic N) is 2. The van der Waals surface area contributed by atoms with E-state index in [4.69, 9.17) is 0 Å². The van der Waals surface area contributed by atoms with E-state index in [2.05, 4.69) is 15.2 Å². The van der Waals surface area contributed by atoms with E-state index in [1.54, 1.807) is 6.07 Å². The van der Waals surface area contributed by atoms with E-state index < -0.39 is 0 Å². The van der Waals surface area contributed by atoms with Gasteiger partial charge in [-0.2, -0.15) is 0 Å². The van der Waals surface area contributed by atoms with Crippen molar-refractivity contribution in [2.45, 2.75) is 13.5 Å². The molecule has 4 nitrogen and oxygen atoms in total. The van der Waals surface area contributed by atoms with Crippen LogP contribution in [0.5, 0.6) is 5.75 Å². The molecule has 2 atom stereocenters.